The van der Waals surface area contributed by atoms with Crippen molar-refractivity contribution in [3.05, 3.63) is 35.9 Å². The van der Waals surface area contributed by atoms with Gasteiger partial charge in [-0.2, -0.15) is 0 Å². The Balaban J connectivity index is 1.97. The molecule has 3 atom stereocenters. The van der Waals surface area contributed by atoms with E-state index >= 15 is 0 Å². The molecule has 1 heterocycles. The first-order valence-electron chi connectivity index (χ1n) is 7.59. The fourth-order valence-electron chi connectivity index (χ4n) is 2.83. The predicted octanol–water partition coefficient (Wildman–Crippen LogP) is 2.56. The fraction of sp³-hybridized carbons (Fsp3) is 0.625. The second-order valence-corrected chi connectivity index (χ2v) is 5.27. The summed E-state index contributed by atoms with van der Waals surface area (Å²) in [5, 5.41) is 0. The van der Waals surface area contributed by atoms with E-state index in [1.807, 2.05) is 25.1 Å². The van der Waals surface area contributed by atoms with Gasteiger partial charge in [-0.1, -0.05) is 30.3 Å². The van der Waals surface area contributed by atoms with Crippen LogP contribution in [-0.2, 0) is 9.47 Å². The first-order valence-corrected chi connectivity index (χ1v) is 7.59. The summed E-state index contributed by atoms with van der Waals surface area (Å²) in [6.45, 7) is 3.60. The molecule has 0 aromatic heterocycles. The Hall–Kier alpha value is -0.940. The summed E-state index contributed by atoms with van der Waals surface area (Å²) in [4.78, 5) is 0. The van der Waals surface area contributed by atoms with Gasteiger partial charge in [0, 0.05) is 13.2 Å². The highest BCUT2D eigenvalue weighted by molar-refractivity contribution is 5.19. The quantitative estimate of drug-likeness (QED) is 0.567. The summed E-state index contributed by atoms with van der Waals surface area (Å²) >= 11 is 0. The molecule has 3 unspecified atom stereocenters. The van der Waals surface area contributed by atoms with Gasteiger partial charge in [-0.05, 0) is 38.2 Å². The highest BCUT2D eigenvalue weighted by Crippen LogP contribution is 2.26. The van der Waals surface area contributed by atoms with Crippen molar-refractivity contribution in [2.24, 2.45) is 5.84 Å². The van der Waals surface area contributed by atoms with Crippen LogP contribution >= 0.6 is 0 Å². The molecule has 0 bridgehead atoms. The third-order valence-electron chi connectivity index (χ3n) is 3.88. The molecule has 1 fully saturated rings. The maximum Gasteiger partial charge on any atom is 0.0991 e. The molecule has 0 radical (unpaired) electrons. The van der Waals surface area contributed by atoms with Gasteiger partial charge in [0.05, 0.1) is 18.2 Å². The van der Waals surface area contributed by atoms with Crippen LogP contribution in [0.15, 0.2) is 30.3 Å². The third kappa shape index (κ3) is 4.28. The van der Waals surface area contributed by atoms with E-state index in [1.54, 1.807) is 0 Å². The smallest absolute Gasteiger partial charge is 0.0991 e. The minimum Gasteiger partial charge on any atom is -0.378 e. The van der Waals surface area contributed by atoms with E-state index in [-0.39, 0.29) is 12.1 Å². The molecule has 112 valence electrons. The molecule has 0 saturated carbocycles. The molecule has 4 heteroatoms. The van der Waals surface area contributed by atoms with Crippen LogP contribution < -0.4 is 11.3 Å². The van der Waals surface area contributed by atoms with Gasteiger partial charge in [0.15, 0.2) is 0 Å². The standard InChI is InChI=1S/C16H26N2O2/c1-2-19-16(13-7-4-3-5-8-13)15(18-17)11-10-14-9-6-12-20-14/h3-5,7-8,14-16,18H,2,6,9-12,17H2,1H3. The summed E-state index contributed by atoms with van der Waals surface area (Å²) in [6, 6.07) is 10.4. The lowest BCUT2D eigenvalue weighted by atomic mass is 9.96. The predicted molar refractivity (Wildman–Crippen MR) is 80.1 cm³/mol. The van der Waals surface area contributed by atoms with Crippen LogP contribution in [0, 0.1) is 0 Å². The van der Waals surface area contributed by atoms with Crippen LogP contribution in [0.1, 0.15) is 44.3 Å². The van der Waals surface area contributed by atoms with E-state index in [9.17, 15) is 0 Å². The van der Waals surface area contributed by atoms with Crippen molar-refractivity contribution in [2.75, 3.05) is 13.2 Å². The molecule has 1 aliphatic rings. The van der Waals surface area contributed by atoms with Crippen LogP contribution in [0.25, 0.3) is 0 Å². The van der Waals surface area contributed by atoms with Gasteiger partial charge in [-0.3, -0.25) is 11.3 Å². The number of ether oxygens (including phenoxy) is 2. The number of hydrogen-bond acceptors (Lipinski definition) is 4. The highest BCUT2D eigenvalue weighted by Gasteiger charge is 2.25. The summed E-state index contributed by atoms with van der Waals surface area (Å²) < 4.78 is 11.6. The maximum absolute atomic E-state index is 5.91. The Labute approximate surface area is 121 Å². The molecule has 2 rings (SSSR count). The zero-order valence-corrected chi connectivity index (χ0v) is 12.3. The van der Waals surface area contributed by atoms with Gasteiger partial charge in [-0.15, -0.1) is 0 Å². The van der Waals surface area contributed by atoms with E-state index in [1.165, 1.54) is 18.4 Å². The topological polar surface area (TPSA) is 56.5 Å². The van der Waals surface area contributed by atoms with E-state index in [4.69, 9.17) is 15.3 Å². The number of hydrogen-bond donors (Lipinski definition) is 2. The lowest BCUT2D eigenvalue weighted by Gasteiger charge is -2.27. The molecule has 1 saturated heterocycles. The maximum atomic E-state index is 5.91. The second kappa shape index (κ2) is 8.37. The monoisotopic (exact) mass is 278 g/mol. The molecule has 0 amide bonds. The first kappa shape index (κ1) is 15.4. The Morgan fingerprint density at radius 2 is 2.20 bits per heavy atom. The average Bonchev–Trinajstić information content (AvgIpc) is 3.01. The van der Waals surface area contributed by atoms with Gasteiger partial charge in [0.1, 0.15) is 0 Å². The van der Waals surface area contributed by atoms with Crippen LogP contribution in [0.4, 0.5) is 0 Å². The summed E-state index contributed by atoms with van der Waals surface area (Å²) in [6.07, 6.45) is 4.73. The SMILES string of the molecule is CCOC(c1ccccc1)C(CCC1CCCO1)NN. The molecular weight excluding hydrogens is 252 g/mol. The lowest BCUT2D eigenvalue weighted by molar-refractivity contribution is 0.0240. The molecule has 4 nitrogen and oxygen atoms in total. The normalized spacial score (nSPS) is 21.8. The summed E-state index contributed by atoms with van der Waals surface area (Å²) in [7, 11) is 0. The van der Waals surface area contributed by atoms with Gasteiger partial charge in [-0.25, -0.2) is 0 Å². The Kier molecular flexibility index (Phi) is 6.47. The third-order valence-corrected chi connectivity index (χ3v) is 3.88. The van der Waals surface area contributed by atoms with Crippen LogP contribution in [-0.4, -0.2) is 25.4 Å². The Morgan fingerprint density at radius 1 is 1.40 bits per heavy atom. The molecule has 0 aliphatic carbocycles. The van der Waals surface area contributed by atoms with E-state index < -0.39 is 0 Å². The molecular formula is C16H26N2O2. The number of hydrazine groups is 1. The Bertz CT molecular complexity index is 366. The molecule has 1 aliphatic heterocycles. The van der Waals surface area contributed by atoms with E-state index in [0.717, 1.165) is 19.4 Å². The molecule has 20 heavy (non-hydrogen) atoms. The lowest BCUT2D eigenvalue weighted by Crippen LogP contribution is -2.41. The molecule has 0 spiro atoms. The van der Waals surface area contributed by atoms with Gasteiger partial charge < -0.3 is 9.47 Å². The fourth-order valence-corrected chi connectivity index (χ4v) is 2.83. The van der Waals surface area contributed by atoms with Crippen LogP contribution in [0.2, 0.25) is 0 Å². The molecule has 1 aromatic rings. The first-order chi connectivity index (χ1) is 9.85. The summed E-state index contributed by atoms with van der Waals surface area (Å²) in [5.41, 5.74) is 4.10. The van der Waals surface area contributed by atoms with Crippen molar-refractivity contribution in [3.8, 4) is 0 Å². The van der Waals surface area contributed by atoms with Crippen molar-refractivity contribution in [1.82, 2.24) is 5.43 Å². The minimum atomic E-state index is -0.00685. The van der Waals surface area contributed by atoms with E-state index in [2.05, 4.69) is 17.6 Å². The van der Waals surface area contributed by atoms with Gasteiger partial charge in [0.2, 0.25) is 0 Å². The van der Waals surface area contributed by atoms with E-state index in [0.29, 0.717) is 12.7 Å². The zero-order valence-electron chi connectivity index (χ0n) is 12.3. The zero-order chi connectivity index (χ0) is 14.2. The van der Waals surface area contributed by atoms with Gasteiger partial charge in [0.25, 0.3) is 0 Å². The van der Waals surface area contributed by atoms with Gasteiger partial charge >= 0.3 is 0 Å². The number of rotatable bonds is 8. The van der Waals surface area contributed by atoms with Crippen molar-refractivity contribution in [2.45, 2.75) is 50.9 Å². The highest BCUT2D eigenvalue weighted by atomic mass is 16.5. The molecule has 1 aromatic carbocycles. The minimum absolute atomic E-state index is 0.00685. The number of benzene rings is 1. The number of nitrogens with one attached hydrogen (secondary N) is 1. The largest absolute Gasteiger partial charge is 0.378 e. The van der Waals surface area contributed by atoms with Crippen molar-refractivity contribution in [3.63, 3.8) is 0 Å². The Morgan fingerprint density at radius 3 is 2.80 bits per heavy atom. The van der Waals surface area contributed by atoms with Crippen LogP contribution in [0.3, 0.4) is 0 Å². The average molecular weight is 278 g/mol. The van der Waals surface area contributed by atoms with Crippen LogP contribution in [0.5, 0.6) is 0 Å². The second-order valence-electron chi connectivity index (χ2n) is 5.27. The molecule has 3 N–H and O–H groups in total. The van der Waals surface area contributed by atoms with Crippen molar-refractivity contribution < 1.29 is 9.47 Å². The van der Waals surface area contributed by atoms with Crippen molar-refractivity contribution >= 4 is 0 Å². The number of nitrogens with two attached hydrogens (primary N) is 1. The van der Waals surface area contributed by atoms with Crippen molar-refractivity contribution in [1.29, 1.82) is 0 Å². The summed E-state index contributed by atoms with van der Waals surface area (Å²) in [5.74, 6) is 5.76.